The van der Waals surface area contributed by atoms with Gasteiger partial charge in [0.05, 0.1) is 10.1 Å². The number of halogens is 1. The van der Waals surface area contributed by atoms with E-state index < -0.39 is 0 Å². The first-order valence-electron chi connectivity index (χ1n) is 8.23. The molecule has 6 nitrogen and oxygen atoms in total. The van der Waals surface area contributed by atoms with Crippen LogP contribution in [0.1, 0.15) is 0 Å². The van der Waals surface area contributed by atoms with Crippen molar-refractivity contribution in [1.82, 2.24) is 19.9 Å². The Hall–Kier alpha value is -2.23. The van der Waals surface area contributed by atoms with Crippen LogP contribution in [0.4, 0.5) is 5.69 Å². The van der Waals surface area contributed by atoms with Crippen molar-refractivity contribution in [1.29, 1.82) is 0 Å². The average Bonchev–Trinajstić information content (AvgIpc) is 3.31. The molecule has 0 aliphatic carbocycles. The van der Waals surface area contributed by atoms with Gasteiger partial charge in [-0.05, 0) is 34.1 Å². The first-order chi connectivity index (χ1) is 13.3. The SMILES string of the molecule is Brc1cc2c(s1)=NC(CSc1ncnc3nc[nH]c13)N(c1ccccc1)C=2. The second-order valence-electron chi connectivity index (χ2n) is 5.88. The molecule has 5 rings (SSSR count). The summed E-state index contributed by atoms with van der Waals surface area (Å²) in [7, 11) is 0. The Bertz CT molecular complexity index is 1220. The van der Waals surface area contributed by atoms with Gasteiger partial charge in [-0.25, -0.2) is 19.9 Å². The standard InChI is InChI=1S/C18H13BrN6S2/c19-13-6-11-7-25(12-4-2-1-3-5-12)14(24-17(11)27-13)8-26-18-15-16(21-9-20-15)22-10-23-18/h1-7,9-10,14H,8H2,(H,20,21,22,23). The summed E-state index contributed by atoms with van der Waals surface area (Å²) in [5.41, 5.74) is 2.67. The van der Waals surface area contributed by atoms with E-state index in [1.54, 1.807) is 35.8 Å². The molecule has 4 aromatic rings. The molecule has 0 radical (unpaired) electrons. The van der Waals surface area contributed by atoms with Crippen LogP contribution in [0.15, 0.2) is 62.9 Å². The lowest BCUT2D eigenvalue weighted by Crippen LogP contribution is -2.41. The Labute approximate surface area is 171 Å². The molecule has 1 aliphatic heterocycles. The van der Waals surface area contributed by atoms with Crippen LogP contribution in [0, 0.1) is 0 Å². The highest BCUT2D eigenvalue weighted by Gasteiger charge is 2.21. The molecule has 3 aromatic heterocycles. The van der Waals surface area contributed by atoms with E-state index in [1.165, 1.54) is 0 Å². The molecule has 9 heteroatoms. The Balaban J connectivity index is 1.50. The van der Waals surface area contributed by atoms with Gasteiger partial charge in [0.1, 0.15) is 27.7 Å². The van der Waals surface area contributed by atoms with Crippen molar-refractivity contribution < 1.29 is 0 Å². The smallest absolute Gasteiger partial charge is 0.181 e. The average molecular weight is 457 g/mol. The molecule has 1 aliphatic rings. The molecule has 1 N–H and O–H groups in total. The van der Waals surface area contributed by atoms with E-state index in [0.717, 1.165) is 35.7 Å². The largest absolute Gasteiger partial charge is 0.341 e. The van der Waals surface area contributed by atoms with Gasteiger partial charge in [0.2, 0.25) is 0 Å². The van der Waals surface area contributed by atoms with E-state index in [9.17, 15) is 0 Å². The number of imidazole rings is 1. The fourth-order valence-electron chi connectivity index (χ4n) is 2.96. The Kier molecular flexibility index (Phi) is 4.42. The number of benzene rings is 1. The Morgan fingerprint density at radius 3 is 2.96 bits per heavy atom. The predicted octanol–water partition coefficient (Wildman–Crippen LogP) is 3.17. The number of fused-ring (bicyclic) bond motifs is 2. The lowest BCUT2D eigenvalue weighted by Gasteiger charge is -2.29. The Morgan fingerprint density at radius 2 is 2.07 bits per heavy atom. The van der Waals surface area contributed by atoms with Gasteiger partial charge < -0.3 is 9.88 Å². The van der Waals surface area contributed by atoms with Gasteiger partial charge >= 0.3 is 0 Å². The number of nitrogens with one attached hydrogen (secondary N) is 1. The zero-order valence-corrected chi connectivity index (χ0v) is 17.1. The van der Waals surface area contributed by atoms with Crippen molar-refractivity contribution in [2.75, 3.05) is 10.7 Å². The maximum absolute atomic E-state index is 5.00. The van der Waals surface area contributed by atoms with Crippen molar-refractivity contribution in [2.24, 2.45) is 4.99 Å². The number of aromatic nitrogens is 4. The van der Waals surface area contributed by atoms with Gasteiger partial charge in [0, 0.05) is 22.9 Å². The van der Waals surface area contributed by atoms with Crippen LogP contribution < -0.4 is 14.8 Å². The normalized spacial score (nSPS) is 16.0. The summed E-state index contributed by atoms with van der Waals surface area (Å²) in [6.07, 6.45) is 5.35. The topological polar surface area (TPSA) is 70.1 Å². The van der Waals surface area contributed by atoms with Crippen LogP contribution in [0.25, 0.3) is 17.4 Å². The second kappa shape index (κ2) is 7.06. The molecule has 0 saturated carbocycles. The number of hydrogen-bond donors (Lipinski definition) is 1. The number of para-hydroxylation sites is 1. The summed E-state index contributed by atoms with van der Waals surface area (Å²) in [6.45, 7) is 0. The van der Waals surface area contributed by atoms with E-state index in [2.05, 4.69) is 65.2 Å². The highest BCUT2D eigenvalue weighted by atomic mass is 79.9. The first-order valence-corrected chi connectivity index (χ1v) is 10.8. The summed E-state index contributed by atoms with van der Waals surface area (Å²) >= 11 is 6.89. The number of thioether (sulfide) groups is 1. The molecule has 0 amide bonds. The van der Waals surface area contributed by atoms with Crippen LogP contribution in [0.3, 0.4) is 0 Å². The quantitative estimate of drug-likeness (QED) is 0.377. The fourth-order valence-corrected chi connectivity index (χ4v) is 5.40. The van der Waals surface area contributed by atoms with Crippen molar-refractivity contribution in [3.63, 3.8) is 0 Å². The van der Waals surface area contributed by atoms with E-state index >= 15 is 0 Å². The van der Waals surface area contributed by atoms with Crippen LogP contribution in [-0.4, -0.2) is 31.9 Å². The summed E-state index contributed by atoms with van der Waals surface area (Å²) in [4.78, 5) is 23.1. The zero-order valence-electron chi connectivity index (χ0n) is 13.9. The molecular weight excluding hydrogens is 444 g/mol. The van der Waals surface area contributed by atoms with Crippen molar-refractivity contribution in [3.05, 3.63) is 62.7 Å². The molecule has 0 spiro atoms. The van der Waals surface area contributed by atoms with E-state index in [0.29, 0.717) is 5.65 Å². The molecule has 1 atom stereocenters. The molecule has 0 bridgehead atoms. The van der Waals surface area contributed by atoms with E-state index in [-0.39, 0.29) is 6.17 Å². The zero-order chi connectivity index (χ0) is 18.2. The Morgan fingerprint density at radius 1 is 1.19 bits per heavy atom. The molecule has 1 unspecified atom stereocenters. The predicted molar refractivity (Wildman–Crippen MR) is 112 cm³/mol. The second-order valence-corrected chi connectivity index (χ2v) is 9.30. The maximum atomic E-state index is 5.00. The molecule has 0 saturated heterocycles. The lowest BCUT2D eigenvalue weighted by atomic mass is 10.2. The summed E-state index contributed by atoms with van der Waals surface area (Å²) in [5.74, 6) is 0.755. The molecule has 1 aromatic carbocycles. The molecule has 27 heavy (non-hydrogen) atoms. The monoisotopic (exact) mass is 456 g/mol. The summed E-state index contributed by atoms with van der Waals surface area (Å²) < 4.78 is 2.14. The van der Waals surface area contributed by atoms with E-state index in [1.807, 2.05) is 18.2 Å². The van der Waals surface area contributed by atoms with Crippen molar-refractivity contribution >= 4 is 62.1 Å². The number of rotatable bonds is 4. The highest BCUT2D eigenvalue weighted by Crippen LogP contribution is 2.27. The minimum absolute atomic E-state index is 0.0246. The molecule has 134 valence electrons. The third-order valence-corrected chi connectivity index (χ3v) is 6.80. The van der Waals surface area contributed by atoms with Crippen LogP contribution >= 0.6 is 39.0 Å². The van der Waals surface area contributed by atoms with Gasteiger partial charge in [-0.2, -0.15) is 0 Å². The number of hydrogen-bond acceptors (Lipinski definition) is 7. The van der Waals surface area contributed by atoms with Crippen molar-refractivity contribution in [3.8, 4) is 0 Å². The minimum Gasteiger partial charge on any atom is -0.341 e. The first kappa shape index (κ1) is 16.9. The van der Waals surface area contributed by atoms with E-state index in [4.69, 9.17) is 4.99 Å². The summed E-state index contributed by atoms with van der Waals surface area (Å²) in [6, 6.07) is 12.4. The fraction of sp³-hybridized carbons (Fsp3) is 0.111. The van der Waals surface area contributed by atoms with Crippen molar-refractivity contribution in [2.45, 2.75) is 11.2 Å². The number of anilines is 1. The molecule has 4 heterocycles. The number of H-pyrrole nitrogens is 1. The summed E-state index contributed by atoms with van der Waals surface area (Å²) in [5, 5.41) is 2.02. The number of nitrogens with zero attached hydrogens (tertiary/aromatic N) is 5. The number of aromatic amines is 1. The van der Waals surface area contributed by atoms with Gasteiger partial charge in [0.15, 0.2) is 5.65 Å². The van der Waals surface area contributed by atoms with Crippen LogP contribution in [-0.2, 0) is 0 Å². The third-order valence-electron chi connectivity index (χ3n) is 4.19. The van der Waals surface area contributed by atoms with Gasteiger partial charge in [-0.1, -0.05) is 30.0 Å². The number of thiophene rings is 1. The maximum Gasteiger partial charge on any atom is 0.181 e. The van der Waals surface area contributed by atoms with Gasteiger partial charge in [0.25, 0.3) is 0 Å². The van der Waals surface area contributed by atoms with Crippen LogP contribution in [0.5, 0.6) is 0 Å². The minimum atomic E-state index is -0.0246. The molecule has 0 fully saturated rings. The third kappa shape index (κ3) is 3.26. The molecular formula is C18H13BrN6S2. The van der Waals surface area contributed by atoms with Gasteiger partial charge in [-0.3, -0.25) is 0 Å². The highest BCUT2D eigenvalue weighted by molar-refractivity contribution is 9.11. The van der Waals surface area contributed by atoms with Crippen LogP contribution in [0.2, 0.25) is 0 Å². The van der Waals surface area contributed by atoms with Gasteiger partial charge in [-0.15, -0.1) is 11.3 Å². The lowest BCUT2D eigenvalue weighted by molar-refractivity contribution is 0.746.